The van der Waals surface area contributed by atoms with Crippen molar-refractivity contribution in [1.82, 2.24) is 0 Å². The summed E-state index contributed by atoms with van der Waals surface area (Å²) in [6.45, 7) is 0.887. The Morgan fingerprint density at radius 2 is 2.06 bits per heavy atom. The van der Waals surface area contributed by atoms with Crippen LogP contribution in [0.5, 0.6) is 0 Å². The standard InChI is InChI=1S/C12H16F3NOS/c1-9-3-4-11(10(16)7-9)18-6-2-5-17-8-12(13,14)15/h3-4,7H,2,5-6,8,16H2,1H3. The molecule has 1 aromatic carbocycles. The first-order chi connectivity index (χ1) is 8.38. The molecule has 18 heavy (non-hydrogen) atoms. The zero-order valence-corrected chi connectivity index (χ0v) is 10.9. The Labute approximate surface area is 109 Å². The maximum atomic E-state index is 11.8. The lowest BCUT2D eigenvalue weighted by Crippen LogP contribution is -2.17. The summed E-state index contributed by atoms with van der Waals surface area (Å²) in [5, 5.41) is 0. The van der Waals surface area contributed by atoms with E-state index < -0.39 is 12.8 Å². The minimum absolute atomic E-state index is 0.109. The van der Waals surface area contributed by atoms with Gasteiger partial charge in [-0.3, -0.25) is 0 Å². The Bertz CT molecular complexity index is 382. The monoisotopic (exact) mass is 279 g/mol. The highest BCUT2D eigenvalue weighted by Crippen LogP contribution is 2.26. The second kappa shape index (κ2) is 6.89. The van der Waals surface area contributed by atoms with Gasteiger partial charge in [0.15, 0.2) is 0 Å². The van der Waals surface area contributed by atoms with Crippen molar-refractivity contribution in [3.63, 3.8) is 0 Å². The van der Waals surface area contributed by atoms with Crippen molar-refractivity contribution >= 4 is 17.4 Å². The minimum atomic E-state index is -4.24. The lowest BCUT2D eigenvalue weighted by Gasteiger charge is -2.08. The minimum Gasteiger partial charge on any atom is -0.398 e. The molecule has 1 rings (SSSR count). The number of benzene rings is 1. The van der Waals surface area contributed by atoms with Gasteiger partial charge in [-0.1, -0.05) is 6.07 Å². The van der Waals surface area contributed by atoms with Crippen LogP contribution in [0, 0.1) is 6.92 Å². The van der Waals surface area contributed by atoms with Crippen molar-refractivity contribution in [3.05, 3.63) is 23.8 Å². The van der Waals surface area contributed by atoms with E-state index >= 15 is 0 Å². The number of hydrogen-bond acceptors (Lipinski definition) is 3. The zero-order valence-electron chi connectivity index (χ0n) is 10.1. The number of nitrogen functional groups attached to an aromatic ring is 1. The van der Waals surface area contributed by atoms with Crippen LogP contribution in [-0.2, 0) is 4.74 Å². The summed E-state index contributed by atoms with van der Waals surface area (Å²) < 4.78 is 39.8. The summed E-state index contributed by atoms with van der Waals surface area (Å²) in [5.74, 6) is 0.686. The average Bonchev–Trinajstić information content (AvgIpc) is 2.24. The SMILES string of the molecule is Cc1ccc(SCCCOCC(F)(F)F)c(N)c1. The molecule has 102 valence electrons. The maximum absolute atomic E-state index is 11.8. The molecule has 0 saturated carbocycles. The van der Waals surface area contributed by atoms with Crippen molar-refractivity contribution in [2.75, 3.05) is 24.7 Å². The molecular weight excluding hydrogens is 263 g/mol. The van der Waals surface area contributed by atoms with Gasteiger partial charge in [-0.25, -0.2) is 0 Å². The second-order valence-electron chi connectivity index (χ2n) is 3.91. The first-order valence-corrected chi connectivity index (χ1v) is 6.50. The van der Waals surface area contributed by atoms with Crippen LogP contribution < -0.4 is 5.73 Å². The molecule has 2 nitrogen and oxygen atoms in total. The number of halogens is 3. The largest absolute Gasteiger partial charge is 0.411 e. The van der Waals surface area contributed by atoms with Crippen LogP contribution in [0.4, 0.5) is 18.9 Å². The summed E-state index contributed by atoms with van der Waals surface area (Å²) in [6.07, 6.45) is -3.68. The van der Waals surface area contributed by atoms with Crippen molar-refractivity contribution in [2.45, 2.75) is 24.4 Å². The molecule has 0 fully saturated rings. The summed E-state index contributed by atoms with van der Waals surface area (Å²) >= 11 is 1.53. The van der Waals surface area contributed by atoms with E-state index in [-0.39, 0.29) is 6.61 Å². The number of nitrogens with two attached hydrogens (primary N) is 1. The first kappa shape index (κ1) is 15.2. The van der Waals surface area contributed by atoms with E-state index in [0.717, 1.165) is 10.5 Å². The number of hydrogen-bond donors (Lipinski definition) is 1. The number of thioether (sulfide) groups is 1. The van der Waals surface area contributed by atoms with E-state index in [4.69, 9.17) is 5.73 Å². The van der Waals surface area contributed by atoms with Gasteiger partial charge < -0.3 is 10.5 Å². The molecule has 0 aromatic heterocycles. The van der Waals surface area contributed by atoms with Crippen LogP contribution in [0.15, 0.2) is 23.1 Å². The summed E-state index contributed by atoms with van der Waals surface area (Å²) in [5.41, 5.74) is 7.61. The molecular formula is C12H16F3NOS. The number of alkyl halides is 3. The van der Waals surface area contributed by atoms with Crippen molar-refractivity contribution in [2.24, 2.45) is 0 Å². The second-order valence-corrected chi connectivity index (χ2v) is 5.05. The Hall–Kier alpha value is -0.880. The average molecular weight is 279 g/mol. The van der Waals surface area contributed by atoms with Crippen molar-refractivity contribution in [1.29, 1.82) is 0 Å². The molecule has 0 radical (unpaired) electrons. The fourth-order valence-electron chi connectivity index (χ4n) is 1.33. The molecule has 6 heteroatoms. The molecule has 0 amide bonds. The number of rotatable bonds is 6. The Kier molecular flexibility index (Phi) is 5.81. The molecule has 0 heterocycles. The highest BCUT2D eigenvalue weighted by molar-refractivity contribution is 7.99. The van der Waals surface area contributed by atoms with E-state index in [0.29, 0.717) is 17.9 Å². The van der Waals surface area contributed by atoms with E-state index in [1.54, 1.807) is 0 Å². The highest BCUT2D eigenvalue weighted by Gasteiger charge is 2.27. The van der Waals surface area contributed by atoms with E-state index in [1.165, 1.54) is 11.8 Å². The fourth-order valence-corrected chi connectivity index (χ4v) is 2.20. The molecule has 0 atom stereocenters. The van der Waals surface area contributed by atoms with Gasteiger partial charge in [0.2, 0.25) is 0 Å². The van der Waals surface area contributed by atoms with E-state index in [9.17, 15) is 13.2 Å². The smallest absolute Gasteiger partial charge is 0.398 e. The number of anilines is 1. The van der Waals surface area contributed by atoms with Crippen molar-refractivity contribution in [3.8, 4) is 0 Å². The van der Waals surface area contributed by atoms with Gasteiger partial charge in [0.05, 0.1) is 0 Å². The van der Waals surface area contributed by atoms with Gasteiger partial charge in [0.25, 0.3) is 0 Å². The zero-order chi connectivity index (χ0) is 13.6. The predicted octanol–water partition coefficient (Wildman–Crippen LogP) is 3.64. The Balaban J connectivity index is 2.18. The summed E-state index contributed by atoms with van der Waals surface area (Å²) in [4.78, 5) is 0.955. The Morgan fingerprint density at radius 1 is 1.33 bits per heavy atom. The molecule has 0 bridgehead atoms. The van der Waals surface area contributed by atoms with Gasteiger partial charge in [0, 0.05) is 22.9 Å². The molecule has 0 aliphatic heterocycles. The van der Waals surface area contributed by atoms with Crippen LogP contribution in [0.1, 0.15) is 12.0 Å². The molecule has 2 N–H and O–H groups in total. The van der Waals surface area contributed by atoms with Crippen LogP contribution >= 0.6 is 11.8 Å². The molecule has 0 spiro atoms. The van der Waals surface area contributed by atoms with Crippen molar-refractivity contribution < 1.29 is 17.9 Å². The van der Waals surface area contributed by atoms with Crippen LogP contribution in [0.25, 0.3) is 0 Å². The van der Waals surface area contributed by atoms with Gasteiger partial charge in [0.1, 0.15) is 6.61 Å². The fraction of sp³-hybridized carbons (Fsp3) is 0.500. The number of aryl methyl sites for hydroxylation is 1. The van der Waals surface area contributed by atoms with Crippen LogP contribution in [-0.4, -0.2) is 25.1 Å². The van der Waals surface area contributed by atoms with Gasteiger partial charge in [-0.05, 0) is 31.0 Å². The highest BCUT2D eigenvalue weighted by atomic mass is 32.2. The van der Waals surface area contributed by atoms with Gasteiger partial charge in [-0.15, -0.1) is 11.8 Å². The molecule has 0 saturated heterocycles. The molecule has 0 aliphatic rings. The molecule has 0 aliphatic carbocycles. The van der Waals surface area contributed by atoms with Gasteiger partial charge >= 0.3 is 6.18 Å². The van der Waals surface area contributed by atoms with E-state index in [2.05, 4.69) is 4.74 Å². The lowest BCUT2D eigenvalue weighted by molar-refractivity contribution is -0.173. The first-order valence-electron chi connectivity index (χ1n) is 5.52. The summed E-state index contributed by atoms with van der Waals surface area (Å²) in [6, 6.07) is 5.76. The summed E-state index contributed by atoms with van der Waals surface area (Å²) in [7, 11) is 0. The quantitative estimate of drug-likeness (QED) is 0.490. The number of ether oxygens (including phenoxy) is 1. The van der Waals surface area contributed by atoms with E-state index in [1.807, 2.05) is 25.1 Å². The maximum Gasteiger partial charge on any atom is 0.411 e. The van der Waals surface area contributed by atoms with Crippen LogP contribution in [0.2, 0.25) is 0 Å². The van der Waals surface area contributed by atoms with Crippen LogP contribution in [0.3, 0.4) is 0 Å². The topological polar surface area (TPSA) is 35.2 Å². The third kappa shape index (κ3) is 6.16. The van der Waals surface area contributed by atoms with Gasteiger partial charge in [-0.2, -0.15) is 13.2 Å². The molecule has 0 unspecified atom stereocenters. The third-order valence-electron chi connectivity index (χ3n) is 2.12. The normalized spacial score (nSPS) is 11.8. The predicted molar refractivity (Wildman–Crippen MR) is 67.8 cm³/mol. The third-order valence-corrected chi connectivity index (χ3v) is 3.30. The Morgan fingerprint density at radius 3 is 2.67 bits per heavy atom. The molecule has 1 aromatic rings. The lowest BCUT2D eigenvalue weighted by atomic mass is 10.2.